The van der Waals surface area contributed by atoms with E-state index in [0.717, 1.165) is 12.8 Å². The van der Waals surface area contributed by atoms with Gasteiger partial charge in [-0.05, 0) is 30.7 Å². The Labute approximate surface area is 137 Å². The Hall–Kier alpha value is -1.88. The predicted molar refractivity (Wildman–Crippen MR) is 88.9 cm³/mol. The first kappa shape index (κ1) is 16.0. The molecule has 23 heavy (non-hydrogen) atoms. The van der Waals surface area contributed by atoms with Crippen LogP contribution in [0.4, 0.5) is 0 Å². The highest BCUT2D eigenvalue weighted by Crippen LogP contribution is 2.28. The lowest BCUT2D eigenvalue weighted by molar-refractivity contribution is -0.137. The van der Waals surface area contributed by atoms with Crippen molar-refractivity contribution in [2.45, 2.75) is 31.7 Å². The van der Waals surface area contributed by atoms with Gasteiger partial charge in [0.05, 0.1) is 13.1 Å². The first-order valence-corrected chi connectivity index (χ1v) is 8.54. The SMILES string of the molecule is O=C1CN(C(=O)CN[C@H]2CCC[C@H]2Cc2ccccc2)CCN1. The number of hydrogen-bond acceptors (Lipinski definition) is 3. The number of rotatable bonds is 5. The fourth-order valence-corrected chi connectivity index (χ4v) is 3.65. The second kappa shape index (κ2) is 7.59. The van der Waals surface area contributed by atoms with Crippen molar-refractivity contribution in [3.63, 3.8) is 0 Å². The second-order valence-electron chi connectivity index (χ2n) is 6.53. The monoisotopic (exact) mass is 315 g/mol. The van der Waals surface area contributed by atoms with Crippen LogP contribution < -0.4 is 10.6 Å². The molecule has 1 aliphatic carbocycles. The molecule has 0 unspecified atom stereocenters. The fourth-order valence-electron chi connectivity index (χ4n) is 3.65. The highest BCUT2D eigenvalue weighted by atomic mass is 16.2. The molecular formula is C18H25N3O2. The van der Waals surface area contributed by atoms with E-state index in [2.05, 4.69) is 34.9 Å². The maximum atomic E-state index is 12.2. The van der Waals surface area contributed by atoms with Crippen LogP contribution >= 0.6 is 0 Å². The lowest BCUT2D eigenvalue weighted by Gasteiger charge is -2.28. The number of benzene rings is 1. The van der Waals surface area contributed by atoms with Gasteiger partial charge in [-0.25, -0.2) is 0 Å². The van der Waals surface area contributed by atoms with Crippen LogP contribution in [-0.2, 0) is 16.0 Å². The zero-order valence-corrected chi connectivity index (χ0v) is 13.5. The highest BCUT2D eigenvalue weighted by Gasteiger charge is 2.28. The van der Waals surface area contributed by atoms with E-state index in [1.54, 1.807) is 4.90 Å². The third-order valence-electron chi connectivity index (χ3n) is 4.91. The summed E-state index contributed by atoms with van der Waals surface area (Å²) in [4.78, 5) is 25.3. The van der Waals surface area contributed by atoms with Gasteiger partial charge in [-0.15, -0.1) is 0 Å². The van der Waals surface area contributed by atoms with Crippen LogP contribution in [0.5, 0.6) is 0 Å². The van der Waals surface area contributed by atoms with E-state index in [1.165, 1.54) is 18.4 Å². The lowest BCUT2D eigenvalue weighted by atomic mass is 9.94. The molecule has 2 atom stereocenters. The Kier molecular flexibility index (Phi) is 5.28. The highest BCUT2D eigenvalue weighted by molar-refractivity contribution is 5.86. The molecule has 5 nitrogen and oxygen atoms in total. The topological polar surface area (TPSA) is 61.4 Å². The Morgan fingerprint density at radius 1 is 1.26 bits per heavy atom. The quantitative estimate of drug-likeness (QED) is 0.850. The lowest BCUT2D eigenvalue weighted by Crippen LogP contribution is -2.52. The van der Waals surface area contributed by atoms with Gasteiger partial charge in [0.25, 0.3) is 0 Å². The zero-order chi connectivity index (χ0) is 16.1. The number of hydrogen-bond donors (Lipinski definition) is 2. The van der Waals surface area contributed by atoms with Gasteiger partial charge in [0.1, 0.15) is 0 Å². The third kappa shape index (κ3) is 4.32. The molecule has 124 valence electrons. The largest absolute Gasteiger partial charge is 0.353 e. The molecule has 0 spiro atoms. The summed E-state index contributed by atoms with van der Waals surface area (Å²) in [6, 6.07) is 11.0. The van der Waals surface area contributed by atoms with Crippen LogP contribution in [0.3, 0.4) is 0 Å². The van der Waals surface area contributed by atoms with E-state index in [-0.39, 0.29) is 18.4 Å². The molecular weight excluding hydrogens is 290 g/mol. The molecule has 1 heterocycles. The van der Waals surface area contributed by atoms with Crippen molar-refractivity contribution in [2.75, 3.05) is 26.2 Å². The van der Waals surface area contributed by atoms with E-state index in [1.807, 2.05) is 6.07 Å². The van der Waals surface area contributed by atoms with E-state index >= 15 is 0 Å². The molecule has 3 rings (SSSR count). The van der Waals surface area contributed by atoms with Crippen molar-refractivity contribution >= 4 is 11.8 Å². The minimum atomic E-state index is -0.0626. The standard InChI is InChI=1S/C18H25N3O2/c22-17-13-21(10-9-19-17)18(23)12-20-16-8-4-7-15(16)11-14-5-2-1-3-6-14/h1-3,5-6,15-16,20H,4,7-13H2,(H,19,22)/t15-,16-/m0/s1. The van der Waals surface area contributed by atoms with Crippen molar-refractivity contribution in [1.82, 2.24) is 15.5 Å². The molecule has 2 amide bonds. The van der Waals surface area contributed by atoms with Crippen LogP contribution in [0.25, 0.3) is 0 Å². The maximum absolute atomic E-state index is 12.2. The van der Waals surface area contributed by atoms with Crippen molar-refractivity contribution in [3.05, 3.63) is 35.9 Å². The van der Waals surface area contributed by atoms with E-state index in [4.69, 9.17) is 0 Å². The summed E-state index contributed by atoms with van der Waals surface area (Å²) in [7, 11) is 0. The Morgan fingerprint density at radius 2 is 2.09 bits per heavy atom. The van der Waals surface area contributed by atoms with Crippen molar-refractivity contribution < 1.29 is 9.59 Å². The molecule has 1 saturated heterocycles. The molecule has 5 heteroatoms. The minimum absolute atomic E-state index is 0.0326. The summed E-state index contributed by atoms with van der Waals surface area (Å²) in [6.45, 7) is 1.71. The Bertz CT molecular complexity index is 546. The average molecular weight is 315 g/mol. The number of nitrogens with one attached hydrogen (secondary N) is 2. The molecule has 2 fully saturated rings. The first-order chi connectivity index (χ1) is 11.2. The van der Waals surface area contributed by atoms with Crippen molar-refractivity contribution in [2.24, 2.45) is 5.92 Å². The molecule has 1 aromatic rings. The third-order valence-corrected chi connectivity index (χ3v) is 4.91. The van der Waals surface area contributed by atoms with Crippen LogP contribution in [0.15, 0.2) is 30.3 Å². The van der Waals surface area contributed by atoms with Gasteiger partial charge in [-0.3, -0.25) is 9.59 Å². The maximum Gasteiger partial charge on any atom is 0.239 e. The number of nitrogens with zero attached hydrogens (tertiary/aromatic N) is 1. The van der Waals surface area contributed by atoms with E-state index in [9.17, 15) is 9.59 Å². The van der Waals surface area contributed by atoms with Crippen LogP contribution in [-0.4, -0.2) is 48.9 Å². The zero-order valence-electron chi connectivity index (χ0n) is 13.5. The molecule has 0 bridgehead atoms. The van der Waals surface area contributed by atoms with Crippen molar-refractivity contribution in [3.8, 4) is 0 Å². The first-order valence-electron chi connectivity index (χ1n) is 8.54. The van der Waals surface area contributed by atoms with Gasteiger partial charge in [0.2, 0.25) is 11.8 Å². The molecule has 1 aromatic carbocycles. The fraction of sp³-hybridized carbons (Fsp3) is 0.556. The number of amides is 2. The Morgan fingerprint density at radius 3 is 2.87 bits per heavy atom. The smallest absolute Gasteiger partial charge is 0.239 e. The van der Waals surface area contributed by atoms with Crippen LogP contribution in [0, 0.1) is 5.92 Å². The molecule has 1 aliphatic heterocycles. The molecule has 2 aliphatic rings. The minimum Gasteiger partial charge on any atom is -0.353 e. The molecule has 0 radical (unpaired) electrons. The van der Waals surface area contributed by atoms with Gasteiger partial charge in [-0.2, -0.15) is 0 Å². The van der Waals surface area contributed by atoms with Crippen LogP contribution in [0.1, 0.15) is 24.8 Å². The molecule has 1 saturated carbocycles. The summed E-state index contributed by atoms with van der Waals surface area (Å²) in [5, 5.41) is 6.19. The summed E-state index contributed by atoms with van der Waals surface area (Å²) in [5.41, 5.74) is 1.37. The average Bonchev–Trinajstić information content (AvgIpc) is 3.00. The van der Waals surface area contributed by atoms with Gasteiger partial charge in [0.15, 0.2) is 0 Å². The number of carbonyl (C=O) groups is 2. The van der Waals surface area contributed by atoms with Gasteiger partial charge < -0.3 is 15.5 Å². The summed E-state index contributed by atoms with van der Waals surface area (Å²) in [5.74, 6) is 0.562. The van der Waals surface area contributed by atoms with E-state index in [0.29, 0.717) is 31.6 Å². The second-order valence-corrected chi connectivity index (χ2v) is 6.53. The number of piperazine rings is 1. The van der Waals surface area contributed by atoms with E-state index < -0.39 is 0 Å². The normalized spacial score (nSPS) is 24.5. The van der Waals surface area contributed by atoms with Gasteiger partial charge in [-0.1, -0.05) is 36.8 Å². The summed E-state index contributed by atoms with van der Waals surface area (Å²) in [6.07, 6.45) is 4.63. The predicted octanol–water partition coefficient (Wildman–Crippen LogP) is 0.946. The number of carbonyl (C=O) groups excluding carboxylic acids is 2. The Balaban J connectivity index is 1.48. The van der Waals surface area contributed by atoms with Gasteiger partial charge >= 0.3 is 0 Å². The molecule has 2 N–H and O–H groups in total. The van der Waals surface area contributed by atoms with Crippen molar-refractivity contribution in [1.29, 1.82) is 0 Å². The molecule has 0 aromatic heterocycles. The summed E-state index contributed by atoms with van der Waals surface area (Å²) < 4.78 is 0. The summed E-state index contributed by atoms with van der Waals surface area (Å²) >= 11 is 0. The van der Waals surface area contributed by atoms with Gasteiger partial charge in [0, 0.05) is 19.1 Å². The van der Waals surface area contributed by atoms with Crippen LogP contribution in [0.2, 0.25) is 0 Å².